The molecule has 1 N–H and O–H groups in total. The summed E-state index contributed by atoms with van der Waals surface area (Å²) >= 11 is 0. The lowest BCUT2D eigenvalue weighted by atomic mass is 10.2. The lowest BCUT2D eigenvalue weighted by molar-refractivity contribution is 0.0773. The summed E-state index contributed by atoms with van der Waals surface area (Å²) in [5.41, 5.74) is 0.228. The number of nitrogens with one attached hydrogen (secondary N) is 1. The van der Waals surface area contributed by atoms with Crippen LogP contribution < -0.4 is 14.2 Å². The van der Waals surface area contributed by atoms with E-state index >= 15 is 0 Å². The molecule has 1 aliphatic carbocycles. The zero-order valence-electron chi connectivity index (χ0n) is 16.2. The van der Waals surface area contributed by atoms with Crippen molar-refractivity contribution in [3.05, 3.63) is 53.8 Å². The molecule has 0 saturated heterocycles. The minimum atomic E-state index is -3.78. The number of sulfonamides is 1. The molecule has 0 atom stereocenters. The van der Waals surface area contributed by atoms with E-state index in [-0.39, 0.29) is 47.1 Å². The second-order valence-corrected chi connectivity index (χ2v) is 8.47. The van der Waals surface area contributed by atoms with E-state index in [2.05, 4.69) is 4.72 Å². The van der Waals surface area contributed by atoms with Crippen molar-refractivity contribution in [3.63, 3.8) is 0 Å². The number of hydrogen-bond acceptors (Lipinski definition) is 5. The highest BCUT2D eigenvalue weighted by molar-refractivity contribution is 7.89. The van der Waals surface area contributed by atoms with E-state index in [1.165, 1.54) is 54.5 Å². The Morgan fingerprint density at radius 1 is 1.21 bits per heavy atom. The van der Waals surface area contributed by atoms with Gasteiger partial charge in [0.05, 0.1) is 13.7 Å². The van der Waals surface area contributed by atoms with Gasteiger partial charge in [-0.1, -0.05) is 0 Å². The number of amides is 1. The molecule has 0 spiro atoms. The van der Waals surface area contributed by atoms with Crippen LogP contribution in [0.3, 0.4) is 0 Å². The molecule has 1 fully saturated rings. The normalized spacial score (nSPS) is 13.8. The van der Waals surface area contributed by atoms with Crippen molar-refractivity contribution in [3.8, 4) is 11.5 Å². The molecule has 1 saturated carbocycles. The van der Waals surface area contributed by atoms with Crippen molar-refractivity contribution >= 4 is 15.9 Å². The van der Waals surface area contributed by atoms with Crippen molar-refractivity contribution in [2.75, 3.05) is 27.3 Å². The summed E-state index contributed by atoms with van der Waals surface area (Å²) < 4.78 is 51.4. The maximum Gasteiger partial charge on any atom is 0.253 e. The van der Waals surface area contributed by atoms with Gasteiger partial charge >= 0.3 is 0 Å². The number of carbonyl (C=O) groups is 1. The van der Waals surface area contributed by atoms with Crippen LogP contribution in [0.5, 0.6) is 11.5 Å². The predicted octanol–water partition coefficient (Wildman–Crippen LogP) is 2.43. The molecule has 0 unspecified atom stereocenters. The van der Waals surface area contributed by atoms with E-state index in [4.69, 9.17) is 9.47 Å². The SMILES string of the molecule is COc1ccc(C(=O)N(C)CCOc2ccc(F)cc2)cc1S(=O)(=O)NC1CC1. The molecule has 29 heavy (non-hydrogen) atoms. The Bertz CT molecular complexity index is 975. The van der Waals surface area contributed by atoms with Crippen molar-refractivity contribution < 1.29 is 27.1 Å². The highest BCUT2D eigenvalue weighted by atomic mass is 32.2. The van der Waals surface area contributed by atoms with Gasteiger partial charge in [0.2, 0.25) is 10.0 Å². The Hall–Kier alpha value is -2.65. The van der Waals surface area contributed by atoms with Gasteiger partial charge in [0, 0.05) is 18.7 Å². The zero-order chi connectivity index (χ0) is 21.0. The molecule has 2 aromatic carbocycles. The summed E-state index contributed by atoms with van der Waals surface area (Å²) in [6.07, 6.45) is 1.61. The standard InChI is InChI=1S/C20H23FN2O5S/c1-23(11-12-28-17-8-4-15(21)5-9-17)20(24)14-3-10-18(27-2)19(13-14)29(25,26)22-16-6-7-16/h3-5,8-10,13,16,22H,6-7,11-12H2,1-2H3. The van der Waals surface area contributed by atoms with Crippen LogP contribution in [-0.4, -0.2) is 52.6 Å². The van der Waals surface area contributed by atoms with Crippen LogP contribution in [0.1, 0.15) is 23.2 Å². The summed E-state index contributed by atoms with van der Waals surface area (Å²) in [6.45, 7) is 0.475. The number of benzene rings is 2. The number of hydrogen-bond donors (Lipinski definition) is 1. The molecular formula is C20H23FN2O5S. The fraction of sp³-hybridized carbons (Fsp3) is 0.350. The van der Waals surface area contributed by atoms with Crippen molar-refractivity contribution in [2.45, 2.75) is 23.8 Å². The van der Waals surface area contributed by atoms with Crippen LogP contribution in [0.15, 0.2) is 47.4 Å². The van der Waals surface area contributed by atoms with Crippen molar-refractivity contribution in [1.29, 1.82) is 0 Å². The molecule has 0 aliphatic heterocycles. The van der Waals surface area contributed by atoms with E-state index in [9.17, 15) is 17.6 Å². The summed E-state index contributed by atoms with van der Waals surface area (Å²) in [6, 6.07) is 9.85. The predicted molar refractivity (Wildman–Crippen MR) is 105 cm³/mol. The van der Waals surface area contributed by atoms with Crippen LogP contribution in [0.2, 0.25) is 0 Å². The summed E-state index contributed by atoms with van der Waals surface area (Å²) in [5, 5.41) is 0. The third kappa shape index (κ3) is 5.45. The van der Waals surface area contributed by atoms with E-state index < -0.39 is 10.0 Å². The molecule has 0 bridgehead atoms. The smallest absolute Gasteiger partial charge is 0.253 e. The van der Waals surface area contributed by atoms with Crippen LogP contribution in [-0.2, 0) is 10.0 Å². The third-order valence-electron chi connectivity index (χ3n) is 4.46. The number of ether oxygens (including phenoxy) is 2. The first-order valence-electron chi connectivity index (χ1n) is 9.14. The lowest BCUT2D eigenvalue weighted by Gasteiger charge is -2.19. The van der Waals surface area contributed by atoms with Gasteiger partial charge in [0.15, 0.2) is 0 Å². The van der Waals surface area contributed by atoms with Crippen LogP contribution in [0.4, 0.5) is 4.39 Å². The number of rotatable bonds is 9. The molecule has 3 rings (SSSR count). The Morgan fingerprint density at radius 3 is 2.52 bits per heavy atom. The van der Waals surface area contributed by atoms with E-state index in [1.54, 1.807) is 7.05 Å². The largest absolute Gasteiger partial charge is 0.495 e. The van der Waals surface area contributed by atoms with Crippen LogP contribution in [0, 0.1) is 5.82 Å². The second-order valence-electron chi connectivity index (χ2n) is 6.79. The molecule has 1 amide bonds. The molecule has 0 aromatic heterocycles. The average Bonchev–Trinajstić information content (AvgIpc) is 3.51. The molecule has 0 radical (unpaired) electrons. The first-order chi connectivity index (χ1) is 13.8. The molecule has 1 aliphatic rings. The number of likely N-dealkylation sites (N-methyl/N-ethyl adjacent to an activating group) is 1. The summed E-state index contributed by atoms with van der Waals surface area (Å²) in [7, 11) is -0.804. The quantitative estimate of drug-likeness (QED) is 0.671. The Balaban J connectivity index is 1.67. The summed E-state index contributed by atoms with van der Waals surface area (Å²) in [4.78, 5) is 14.1. The van der Waals surface area contributed by atoms with Gasteiger partial charge in [-0.2, -0.15) is 0 Å². The van der Waals surface area contributed by atoms with E-state index in [1.807, 2.05) is 0 Å². The van der Waals surface area contributed by atoms with Gasteiger partial charge in [-0.05, 0) is 55.3 Å². The van der Waals surface area contributed by atoms with Gasteiger partial charge in [-0.25, -0.2) is 17.5 Å². The topological polar surface area (TPSA) is 84.9 Å². The first kappa shape index (κ1) is 21.1. The molecular weight excluding hydrogens is 399 g/mol. The van der Waals surface area contributed by atoms with Gasteiger partial charge < -0.3 is 14.4 Å². The fourth-order valence-corrected chi connectivity index (χ4v) is 4.16. The fourth-order valence-electron chi connectivity index (χ4n) is 2.66. The Kier molecular flexibility index (Phi) is 6.39. The molecule has 7 nitrogen and oxygen atoms in total. The average molecular weight is 422 g/mol. The summed E-state index contributed by atoms with van der Waals surface area (Å²) in [5.74, 6) is -0.0301. The van der Waals surface area contributed by atoms with Crippen molar-refractivity contribution in [1.82, 2.24) is 9.62 Å². The van der Waals surface area contributed by atoms with Crippen LogP contribution >= 0.6 is 0 Å². The monoisotopic (exact) mass is 422 g/mol. The number of carbonyl (C=O) groups excluding carboxylic acids is 1. The third-order valence-corrected chi connectivity index (χ3v) is 6.00. The molecule has 0 heterocycles. The Labute approximate surface area is 169 Å². The molecule has 156 valence electrons. The maximum atomic E-state index is 12.9. The number of halogens is 1. The number of nitrogens with zero attached hydrogens (tertiary/aromatic N) is 1. The van der Waals surface area contributed by atoms with Crippen LogP contribution in [0.25, 0.3) is 0 Å². The van der Waals surface area contributed by atoms with Gasteiger partial charge in [-0.15, -0.1) is 0 Å². The highest BCUT2D eigenvalue weighted by Crippen LogP contribution is 2.28. The van der Waals surface area contributed by atoms with Gasteiger partial charge in [-0.3, -0.25) is 4.79 Å². The van der Waals surface area contributed by atoms with E-state index in [0.717, 1.165) is 12.8 Å². The lowest BCUT2D eigenvalue weighted by Crippen LogP contribution is -2.31. The zero-order valence-corrected chi connectivity index (χ0v) is 17.0. The number of methoxy groups -OCH3 is 1. The van der Waals surface area contributed by atoms with Gasteiger partial charge in [0.25, 0.3) is 5.91 Å². The minimum Gasteiger partial charge on any atom is -0.495 e. The second kappa shape index (κ2) is 8.79. The van der Waals surface area contributed by atoms with Gasteiger partial charge in [0.1, 0.15) is 28.8 Å². The molecule has 9 heteroatoms. The highest BCUT2D eigenvalue weighted by Gasteiger charge is 2.30. The molecule has 2 aromatic rings. The minimum absolute atomic E-state index is 0.0599. The van der Waals surface area contributed by atoms with E-state index in [0.29, 0.717) is 5.75 Å². The van der Waals surface area contributed by atoms with Crippen molar-refractivity contribution in [2.24, 2.45) is 0 Å². The maximum absolute atomic E-state index is 12.9. The first-order valence-corrected chi connectivity index (χ1v) is 10.6. The Morgan fingerprint density at radius 2 is 1.90 bits per heavy atom.